The van der Waals surface area contributed by atoms with Crippen LogP contribution in [-0.2, 0) is 6.42 Å². The van der Waals surface area contributed by atoms with E-state index >= 15 is 0 Å². The van der Waals surface area contributed by atoms with Crippen LogP contribution >= 0.6 is 0 Å². The Hall–Kier alpha value is -1.87. The molecule has 1 heterocycles. The van der Waals surface area contributed by atoms with Crippen molar-refractivity contribution in [3.63, 3.8) is 0 Å². The number of aliphatic hydroxyl groups is 1. The molecule has 3 nitrogen and oxygen atoms in total. The summed E-state index contributed by atoms with van der Waals surface area (Å²) in [6, 6.07) is 11.4. The van der Waals surface area contributed by atoms with Crippen molar-refractivity contribution in [2.45, 2.75) is 13.3 Å². The number of benzene rings is 1. The lowest BCUT2D eigenvalue weighted by Crippen LogP contribution is -1.95. The van der Waals surface area contributed by atoms with Crippen molar-refractivity contribution in [2.24, 2.45) is 0 Å². The number of hydrogen-bond donors (Lipinski definition) is 1. The van der Waals surface area contributed by atoms with Crippen LogP contribution in [0.5, 0.6) is 11.5 Å². The summed E-state index contributed by atoms with van der Waals surface area (Å²) in [4.78, 5) is 4.12. The fourth-order valence-electron chi connectivity index (χ4n) is 1.64. The number of aliphatic hydroxyl groups excluding tert-OH is 1. The van der Waals surface area contributed by atoms with E-state index in [1.54, 1.807) is 6.20 Å². The van der Waals surface area contributed by atoms with Crippen LogP contribution in [0.4, 0.5) is 0 Å². The van der Waals surface area contributed by atoms with Gasteiger partial charge in [-0.2, -0.15) is 0 Å². The molecule has 0 atom stereocenters. The van der Waals surface area contributed by atoms with Gasteiger partial charge in [-0.25, -0.2) is 0 Å². The van der Waals surface area contributed by atoms with Crippen LogP contribution < -0.4 is 4.74 Å². The number of rotatable bonds is 4. The Bertz CT molecular complexity index is 497. The van der Waals surface area contributed by atoms with Crippen molar-refractivity contribution in [1.82, 2.24) is 4.98 Å². The molecule has 2 rings (SSSR count). The third kappa shape index (κ3) is 3.04. The minimum Gasteiger partial charge on any atom is -0.457 e. The van der Waals surface area contributed by atoms with Crippen molar-refractivity contribution >= 4 is 0 Å². The molecule has 88 valence electrons. The Labute approximate surface area is 101 Å². The van der Waals surface area contributed by atoms with E-state index in [9.17, 15) is 0 Å². The average molecular weight is 229 g/mol. The zero-order valence-electron chi connectivity index (χ0n) is 9.76. The molecule has 0 aliphatic rings. The Balaban J connectivity index is 2.23. The maximum absolute atomic E-state index is 8.99. The van der Waals surface area contributed by atoms with E-state index in [1.165, 1.54) is 0 Å². The van der Waals surface area contributed by atoms with Crippen molar-refractivity contribution in [2.75, 3.05) is 6.61 Å². The molecule has 1 aromatic carbocycles. The second kappa shape index (κ2) is 5.46. The first-order chi connectivity index (χ1) is 8.29. The predicted octanol–water partition coefficient (Wildman–Crippen LogP) is 2.72. The maximum atomic E-state index is 8.99. The highest BCUT2D eigenvalue weighted by molar-refractivity contribution is 5.37. The van der Waals surface area contributed by atoms with E-state index in [0.717, 1.165) is 22.8 Å². The maximum Gasteiger partial charge on any atom is 0.130 e. The van der Waals surface area contributed by atoms with Gasteiger partial charge in [0.1, 0.15) is 11.5 Å². The summed E-state index contributed by atoms with van der Waals surface area (Å²) in [7, 11) is 0. The fraction of sp³-hybridized carbons (Fsp3) is 0.214. The van der Waals surface area contributed by atoms with Crippen LogP contribution in [-0.4, -0.2) is 16.7 Å². The molecule has 2 aromatic rings. The standard InChI is InChI=1S/C14H15NO2/c1-11-10-13(6-8-15-11)17-14-5-3-2-4-12(14)7-9-16/h2-6,8,10,16H,7,9H2,1H3. The minimum atomic E-state index is 0.121. The monoisotopic (exact) mass is 229 g/mol. The van der Waals surface area contributed by atoms with Gasteiger partial charge in [-0.1, -0.05) is 18.2 Å². The number of hydrogen-bond acceptors (Lipinski definition) is 3. The molecule has 0 unspecified atom stereocenters. The molecule has 0 radical (unpaired) electrons. The zero-order chi connectivity index (χ0) is 12.1. The average Bonchev–Trinajstić information content (AvgIpc) is 2.32. The summed E-state index contributed by atoms with van der Waals surface area (Å²) in [6.45, 7) is 2.04. The second-order valence-corrected chi connectivity index (χ2v) is 3.82. The molecule has 0 amide bonds. The van der Waals surface area contributed by atoms with Gasteiger partial charge >= 0.3 is 0 Å². The highest BCUT2D eigenvalue weighted by atomic mass is 16.5. The first-order valence-corrected chi connectivity index (χ1v) is 5.59. The van der Waals surface area contributed by atoms with Crippen molar-refractivity contribution in [1.29, 1.82) is 0 Å². The molecular weight excluding hydrogens is 214 g/mol. The summed E-state index contributed by atoms with van der Waals surface area (Å²) in [5.74, 6) is 1.55. The molecule has 0 saturated carbocycles. The summed E-state index contributed by atoms with van der Waals surface area (Å²) in [6.07, 6.45) is 2.32. The quantitative estimate of drug-likeness (QED) is 0.876. The molecule has 0 fully saturated rings. The van der Waals surface area contributed by atoms with Gasteiger partial charge in [0.05, 0.1) is 0 Å². The lowest BCUT2D eigenvalue weighted by Gasteiger charge is -2.10. The molecular formula is C14H15NO2. The van der Waals surface area contributed by atoms with E-state index in [-0.39, 0.29) is 6.61 Å². The number of aryl methyl sites for hydroxylation is 1. The van der Waals surface area contributed by atoms with E-state index in [1.807, 2.05) is 43.3 Å². The van der Waals surface area contributed by atoms with Crippen LogP contribution in [0.3, 0.4) is 0 Å². The van der Waals surface area contributed by atoms with Crippen LogP contribution in [0.15, 0.2) is 42.6 Å². The Morgan fingerprint density at radius 2 is 2.06 bits per heavy atom. The molecule has 0 aliphatic heterocycles. The first-order valence-electron chi connectivity index (χ1n) is 5.59. The van der Waals surface area contributed by atoms with Gasteiger partial charge in [0.15, 0.2) is 0 Å². The van der Waals surface area contributed by atoms with Crippen molar-refractivity contribution < 1.29 is 9.84 Å². The van der Waals surface area contributed by atoms with E-state index in [2.05, 4.69) is 4.98 Å². The van der Waals surface area contributed by atoms with Gasteiger partial charge in [-0.05, 0) is 31.0 Å². The summed E-state index contributed by atoms with van der Waals surface area (Å²) < 4.78 is 5.79. The third-order valence-corrected chi connectivity index (χ3v) is 2.45. The Kier molecular flexibility index (Phi) is 3.73. The molecule has 0 bridgehead atoms. The van der Waals surface area contributed by atoms with Gasteiger partial charge in [0.2, 0.25) is 0 Å². The van der Waals surface area contributed by atoms with Crippen molar-refractivity contribution in [3.05, 3.63) is 53.9 Å². The normalized spacial score (nSPS) is 10.2. The number of para-hydroxylation sites is 1. The second-order valence-electron chi connectivity index (χ2n) is 3.82. The third-order valence-electron chi connectivity index (χ3n) is 2.45. The lowest BCUT2D eigenvalue weighted by molar-refractivity contribution is 0.298. The fourth-order valence-corrected chi connectivity index (χ4v) is 1.64. The minimum absolute atomic E-state index is 0.121. The molecule has 1 N–H and O–H groups in total. The van der Waals surface area contributed by atoms with Gasteiger partial charge in [0.25, 0.3) is 0 Å². The Morgan fingerprint density at radius 3 is 2.82 bits per heavy atom. The number of pyridine rings is 1. The number of aromatic nitrogens is 1. The predicted molar refractivity (Wildman–Crippen MR) is 66.3 cm³/mol. The van der Waals surface area contributed by atoms with Gasteiger partial charge in [0, 0.05) is 24.6 Å². The summed E-state index contributed by atoms with van der Waals surface area (Å²) >= 11 is 0. The number of ether oxygens (including phenoxy) is 1. The van der Waals surface area contributed by atoms with Crippen LogP contribution in [0.25, 0.3) is 0 Å². The zero-order valence-corrected chi connectivity index (χ0v) is 9.76. The van der Waals surface area contributed by atoms with Crippen LogP contribution in [0.1, 0.15) is 11.3 Å². The van der Waals surface area contributed by atoms with E-state index in [0.29, 0.717) is 6.42 Å². The topological polar surface area (TPSA) is 42.4 Å². The molecule has 1 aromatic heterocycles. The molecule has 0 saturated heterocycles. The Morgan fingerprint density at radius 1 is 1.24 bits per heavy atom. The summed E-state index contributed by atoms with van der Waals surface area (Å²) in [5.41, 5.74) is 1.92. The highest BCUT2D eigenvalue weighted by Crippen LogP contribution is 2.25. The SMILES string of the molecule is Cc1cc(Oc2ccccc2CCO)ccn1. The molecule has 3 heteroatoms. The molecule has 17 heavy (non-hydrogen) atoms. The van der Waals surface area contributed by atoms with Gasteiger partial charge < -0.3 is 9.84 Å². The molecule has 0 spiro atoms. The largest absolute Gasteiger partial charge is 0.457 e. The van der Waals surface area contributed by atoms with Gasteiger partial charge in [-0.15, -0.1) is 0 Å². The van der Waals surface area contributed by atoms with E-state index in [4.69, 9.17) is 9.84 Å². The summed E-state index contributed by atoms with van der Waals surface area (Å²) in [5, 5.41) is 8.99. The number of nitrogens with zero attached hydrogens (tertiary/aromatic N) is 1. The smallest absolute Gasteiger partial charge is 0.130 e. The van der Waals surface area contributed by atoms with E-state index < -0.39 is 0 Å². The van der Waals surface area contributed by atoms with Crippen LogP contribution in [0.2, 0.25) is 0 Å². The van der Waals surface area contributed by atoms with Gasteiger partial charge in [-0.3, -0.25) is 4.98 Å². The highest BCUT2D eigenvalue weighted by Gasteiger charge is 2.03. The first kappa shape index (κ1) is 11.6. The molecule has 0 aliphatic carbocycles. The lowest BCUT2D eigenvalue weighted by atomic mass is 10.1. The van der Waals surface area contributed by atoms with Crippen molar-refractivity contribution in [3.8, 4) is 11.5 Å². The van der Waals surface area contributed by atoms with Crippen LogP contribution in [0, 0.1) is 6.92 Å².